The second-order valence-corrected chi connectivity index (χ2v) is 5.69. The van der Waals surface area contributed by atoms with E-state index in [1.54, 1.807) is 0 Å². The van der Waals surface area contributed by atoms with Crippen molar-refractivity contribution in [2.75, 3.05) is 13.1 Å². The van der Waals surface area contributed by atoms with Crippen LogP contribution in [0.3, 0.4) is 0 Å². The van der Waals surface area contributed by atoms with Gasteiger partial charge >= 0.3 is 0 Å². The Labute approximate surface area is 126 Å². The minimum Gasteiger partial charge on any atom is -0.342 e. The Morgan fingerprint density at radius 1 is 1.10 bits per heavy atom. The summed E-state index contributed by atoms with van der Waals surface area (Å²) in [5.74, 6) is 0.252. The number of hydrogen-bond donors (Lipinski definition) is 1. The van der Waals surface area contributed by atoms with Crippen LogP contribution in [0.15, 0.2) is 48.7 Å². The lowest BCUT2D eigenvalue weighted by atomic mass is 10.0. The Hall–Kier alpha value is -1.87. The molecule has 1 saturated heterocycles. The maximum Gasteiger partial charge on any atom is 0.179 e. The van der Waals surface area contributed by atoms with Gasteiger partial charge in [0.2, 0.25) is 0 Å². The molecule has 1 aliphatic heterocycles. The molecule has 0 aliphatic carbocycles. The summed E-state index contributed by atoms with van der Waals surface area (Å²) in [5.41, 5.74) is 2.10. The van der Waals surface area contributed by atoms with Crippen LogP contribution in [0.1, 0.15) is 41.4 Å². The Morgan fingerprint density at radius 2 is 1.86 bits per heavy atom. The zero-order valence-electron chi connectivity index (χ0n) is 12.3. The summed E-state index contributed by atoms with van der Waals surface area (Å²) < 4.78 is 2.19. The van der Waals surface area contributed by atoms with Crippen LogP contribution in [0.4, 0.5) is 0 Å². The highest BCUT2D eigenvalue weighted by Crippen LogP contribution is 2.22. The van der Waals surface area contributed by atoms with Crippen LogP contribution >= 0.6 is 0 Å². The van der Waals surface area contributed by atoms with Crippen molar-refractivity contribution in [3.05, 3.63) is 59.9 Å². The van der Waals surface area contributed by atoms with Crippen molar-refractivity contribution in [2.24, 2.45) is 0 Å². The first kappa shape index (κ1) is 14.1. The maximum absolute atomic E-state index is 12.5. The van der Waals surface area contributed by atoms with Gasteiger partial charge in [0.1, 0.15) is 0 Å². The summed E-state index contributed by atoms with van der Waals surface area (Å²) in [6.07, 6.45) is 5.67. The average molecular weight is 282 g/mol. The fourth-order valence-electron chi connectivity index (χ4n) is 3.06. The van der Waals surface area contributed by atoms with Gasteiger partial charge in [-0.15, -0.1) is 0 Å². The van der Waals surface area contributed by atoms with Gasteiger partial charge in [-0.2, -0.15) is 0 Å². The largest absolute Gasteiger partial charge is 0.342 e. The summed E-state index contributed by atoms with van der Waals surface area (Å²) in [6.45, 7) is 2.08. The molecule has 0 saturated carbocycles. The smallest absolute Gasteiger partial charge is 0.179 e. The molecule has 1 aromatic heterocycles. The van der Waals surface area contributed by atoms with E-state index >= 15 is 0 Å². The minimum absolute atomic E-state index is 0.252. The van der Waals surface area contributed by atoms with Crippen LogP contribution in [0.2, 0.25) is 0 Å². The molecule has 1 N–H and O–H groups in total. The molecule has 3 heteroatoms. The molecule has 1 aliphatic rings. The van der Waals surface area contributed by atoms with E-state index in [1.165, 1.54) is 5.56 Å². The lowest BCUT2D eigenvalue weighted by molar-refractivity contribution is 0.0970. The highest BCUT2D eigenvalue weighted by atomic mass is 16.1. The SMILES string of the molecule is O=C(CCc1ccccc1)c1cccn1C1CCNCC1. The van der Waals surface area contributed by atoms with Gasteiger partial charge in [-0.3, -0.25) is 4.79 Å². The molecular weight excluding hydrogens is 260 g/mol. The van der Waals surface area contributed by atoms with Crippen LogP contribution in [0.5, 0.6) is 0 Å². The topological polar surface area (TPSA) is 34.0 Å². The van der Waals surface area contributed by atoms with Gasteiger partial charge in [0.25, 0.3) is 0 Å². The minimum atomic E-state index is 0.252. The van der Waals surface area contributed by atoms with Gasteiger partial charge in [0.15, 0.2) is 5.78 Å². The van der Waals surface area contributed by atoms with Crippen molar-refractivity contribution >= 4 is 5.78 Å². The number of nitrogens with one attached hydrogen (secondary N) is 1. The Kier molecular flexibility index (Phi) is 4.51. The van der Waals surface area contributed by atoms with E-state index < -0.39 is 0 Å². The number of hydrogen-bond acceptors (Lipinski definition) is 2. The third kappa shape index (κ3) is 3.42. The third-order valence-corrected chi connectivity index (χ3v) is 4.25. The van der Waals surface area contributed by atoms with E-state index in [0.29, 0.717) is 12.5 Å². The third-order valence-electron chi connectivity index (χ3n) is 4.25. The van der Waals surface area contributed by atoms with Crippen molar-refractivity contribution in [1.29, 1.82) is 0 Å². The van der Waals surface area contributed by atoms with Crippen LogP contribution in [-0.4, -0.2) is 23.4 Å². The monoisotopic (exact) mass is 282 g/mol. The number of aryl methyl sites for hydroxylation is 1. The standard InChI is InChI=1S/C18H22N2O/c21-18(9-8-15-5-2-1-3-6-15)17-7-4-14-20(17)16-10-12-19-13-11-16/h1-7,14,16,19H,8-13H2. The zero-order valence-corrected chi connectivity index (χ0v) is 12.3. The predicted molar refractivity (Wildman–Crippen MR) is 84.7 cm³/mol. The molecule has 3 nitrogen and oxygen atoms in total. The molecule has 0 amide bonds. The zero-order chi connectivity index (χ0) is 14.5. The van der Waals surface area contributed by atoms with Crippen molar-refractivity contribution in [3.8, 4) is 0 Å². The number of rotatable bonds is 5. The van der Waals surface area contributed by atoms with Gasteiger partial charge in [0.05, 0.1) is 5.69 Å². The van der Waals surface area contributed by atoms with Crippen LogP contribution in [-0.2, 0) is 6.42 Å². The first-order chi connectivity index (χ1) is 10.3. The molecule has 21 heavy (non-hydrogen) atoms. The van der Waals surface area contributed by atoms with E-state index in [1.807, 2.05) is 30.3 Å². The first-order valence-corrected chi connectivity index (χ1v) is 7.79. The number of aromatic nitrogens is 1. The molecule has 0 atom stereocenters. The highest BCUT2D eigenvalue weighted by Gasteiger charge is 2.19. The van der Waals surface area contributed by atoms with E-state index in [9.17, 15) is 4.79 Å². The number of benzene rings is 1. The van der Waals surface area contributed by atoms with Gasteiger partial charge < -0.3 is 9.88 Å². The maximum atomic E-state index is 12.5. The molecule has 110 valence electrons. The summed E-state index contributed by atoms with van der Waals surface area (Å²) >= 11 is 0. The summed E-state index contributed by atoms with van der Waals surface area (Å²) in [5, 5.41) is 3.37. The van der Waals surface area contributed by atoms with E-state index in [2.05, 4.69) is 28.2 Å². The van der Waals surface area contributed by atoms with Gasteiger partial charge in [0, 0.05) is 18.7 Å². The van der Waals surface area contributed by atoms with Crippen LogP contribution < -0.4 is 5.32 Å². The van der Waals surface area contributed by atoms with Crippen molar-refractivity contribution in [3.63, 3.8) is 0 Å². The van der Waals surface area contributed by atoms with Crippen molar-refractivity contribution in [1.82, 2.24) is 9.88 Å². The second-order valence-electron chi connectivity index (χ2n) is 5.69. The molecule has 1 aromatic carbocycles. The fraction of sp³-hybridized carbons (Fsp3) is 0.389. The average Bonchev–Trinajstić information content (AvgIpc) is 3.04. The molecule has 2 aromatic rings. The molecular formula is C18H22N2O. The number of Topliss-reactive ketones (excluding diaryl/α,β-unsaturated/α-hetero) is 1. The van der Waals surface area contributed by atoms with Gasteiger partial charge in [-0.25, -0.2) is 0 Å². The highest BCUT2D eigenvalue weighted by molar-refractivity contribution is 5.94. The van der Waals surface area contributed by atoms with E-state index in [4.69, 9.17) is 0 Å². The lowest BCUT2D eigenvalue weighted by Gasteiger charge is -2.25. The lowest BCUT2D eigenvalue weighted by Crippen LogP contribution is -2.30. The number of carbonyl (C=O) groups excluding carboxylic acids is 1. The fourth-order valence-corrected chi connectivity index (χ4v) is 3.06. The Morgan fingerprint density at radius 3 is 2.62 bits per heavy atom. The molecule has 0 radical (unpaired) electrons. The van der Waals surface area contributed by atoms with Crippen LogP contribution in [0, 0.1) is 0 Å². The van der Waals surface area contributed by atoms with Crippen molar-refractivity contribution in [2.45, 2.75) is 31.7 Å². The Balaban J connectivity index is 1.66. The number of ketones is 1. The predicted octanol–water partition coefficient (Wildman–Crippen LogP) is 3.23. The van der Waals surface area contributed by atoms with Crippen molar-refractivity contribution < 1.29 is 4.79 Å². The summed E-state index contributed by atoms with van der Waals surface area (Å²) in [7, 11) is 0. The van der Waals surface area contributed by atoms with Gasteiger partial charge in [-0.1, -0.05) is 30.3 Å². The number of carbonyl (C=O) groups is 1. The molecule has 1 fully saturated rings. The number of piperidine rings is 1. The number of nitrogens with zero attached hydrogens (tertiary/aromatic N) is 1. The van der Waals surface area contributed by atoms with E-state index in [0.717, 1.165) is 38.0 Å². The summed E-state index contributed by atoms with van der Waals surface area (Å²) in [4.78, 5) is 12.5. The molecule has 3 rings (SSSR count). The molecule has 0 bridgehead atoms. The molecule has 0 unspecified atom stereocenters. The van der Waals surface area contributed by atoms with E-state index in [-0.39, 0.29) is 5.78 Å². The molecule has 2 heterocycles. The van der Waals surface area contributed by atoms with Crippen LogP contribution in [0.25, 0.3) is 0 Å². The first-order valence-electron chi connectivity index (χ1n) is 7.79. The summed E-state index contributed by atoms with van der Waals surface area (Å²) in [6, 6.07) is 14.7. The second kappa shape index (κ2) is 6.72. The normalized spacial score (nSPS) is 16.0. The quantitative estimate of drug-likeness (QED) is 0.854. The molecule has 0 spiro atoms. The Bertz CT molecular complexity index is 582. The van der Waals surface area contributed by atoms with Gasteiger partial charge in [-0.05, 0) is 50.0 Å².